The standard InChI is InChI=1S/C27H36N4O3/c1-20-18-29-22(19-28-20)27(33)31-17-11-5-3-4-10-16-30(2)26(32)21-12-6-8-14-24(21)34-25-15-9-7-13-23(25)31/h6,8,12,14,18-19,23,25H,3-5,7,9-11,13,15-17H2,1-2H3/t23-,25+/m1/s1. The molecule has 4 rings (SSSR count). The van der Waals surface area contributed by atoms with Gasteiger partial charge in [-0.1, -0.05) is 37.8 Å². The summed E-state index contributed by atoms with van der Waals surface area (Å²) in [7, 11) is 1.86. The molecule has 0 N–H and O–H groups in total. The molecule has 0 spiro atoms. The first-order valence-electron chi connectivity index (χ1n) is 12.7. The predicted molar refractivity (Wildman–Crippen MR) is 131 cm³/mol. The van der Waals surface area contributed by atoms with E-state index in [-0.39, 0.29) is 24.0 Å². The maximum absolute atomic E-state index is 13.6. The molecule has 2 aliphatic rings. The van der Waals surface area contributed by atoms with Crippen molar-refractivity contribution in [3.05, 3.63) is 53.6 Å². The van der Waals surface area contributed by atoms with Crippen molar-refractivity contribution in [1.29, 1.82) is 0 Å². The minimum Gasteiger partial charge on any atom is -0.487 e. The second-order valence-corrected chi connectivity index (χ2v) is 9.54. The lowest BCUT2D eigenvalue weighted by molar-refractivity contribution is 0.0266. The summed E-state index contributed by atoms with van der Waals surface area (Å²) in [5.74, 6) is 0.510. The third kappa shape index (κ3) is 5.75. The Morgan fingerprint density at radius 2 is 1.68 bits per heavy atom. The van der Waals surface area contributed by atoms with Crippen LogP contribution in [-0.4, -0.2) is 63.9 Å². The van der Waals surface area contributed by atoms with Gasteiger partial charge in [-0.15, -0.1) is 0 Å². The minimum atomic E-state index is -0.166. The van der Waals surface area contributed by atoms with E-state index >= 15 is 0 Å². The van der Waals surface area contributed by atoms with Gasteiger partial charge in [-0.3, -0.25) is 14.6 Å². The summed E-state index contributed by atoms with van der Waals surface area (Å²) < 4.78 is 6.55. The van der Waals surface area contributed by atoms with Crippen LogP contribution in [-0.2, 0) is 0 Å². The third-order valence-electron chi connectivity index (χ3n) is 6.96. The number of nitrogens with zero attached hydrogens (tertiary/aromatic N) is 4. The summed E-state index contributed by atoms with van der Waals surface area (Å²) in [5, 5.41) is 0. The van der Waals surface area contributed by atoms with Crippen LogP contribution >= 0.6 is 0 Å². The van der Waals surface area contributed by atoms with E-state index in [1.807, 2.05) is 43.1 Å². The highest BCUT2D eigenvalue weighted by atomic mass is 16.5. The molecule has 0 unspecified atom stereocenters. The maximum Gasteiger partial charge on any atom is 0.274 e. The van der Waals surface area contributed by atoms with Crippen LogP contribution in [0, 0.1) is 6.92 Å². The lowest BCUT2D eigenvalue weighted by Crippen LogP contribution is -2.51. The Balaban J connectivity index is 1.66. The molecule has 182 valence electrons. The Labute approximate surface area is 202 Å². The largest absolute Gasteiger partial charge is 0.487 e. The zero-order valence-electron chi connectivity index (χ0n) is 20.4. The molecule has 2 atom stereocenters. The highest BCUT2D eigenvalue weighted by Gasteiger charge is 2.36. The van der Waals surface area contributed by atoms with Crippen molar-refractivity contribution in [3.63, 3.8) is 0 Å². The van der Waals surface area contributed by atoms with Gasteiger partial charge in [-0.2, -0.15) is 0 Å². The molecule has 7 heteroatoms. The third-order valence-corrected chi connectivity index (χ3v) is 6.96. The van der Waals surface area contributed by atoms with E-state index in [4.69, 9.17) is 4.74 Å². The molecule has 2 aromatic rings. The average molecular weight is 465 g/mol. The molecule has 0 saturated heterocycles. The Kier molecular flexibility index (Phi) is 8.14. The first-order valence-corrected chi connectivity index (χ1v) is 12.7. The quantitative estimate of drug-likeness (QED) is 0.614. The van der Waals surface area contributed by atoms with Crippen LogP contribution in [0.1, 0.15) is 84.3 Å². The van der Waals surface area contributed by atoms with Crippen molar-refractivity contribution in [3.8, 4) is 5.75 Å². The number of fused-ring (bicyclic) bond motifs is 2. The number of amides is 2. The number of aromatic nitrogens is 2. The van der Waals surface area contributed by atoms with Gasteiger partial charge in [0.1, 0.15) is 17.5 Å². The summed E-state index contributed by atoms with van der Waals surface area (Å²) in [6, 6.07) is 7.45. The van der Waals surface area contributed by atoms with Crippen LogP contribution in [0.15, 0.2) is 36.7 Å². The molecule has 1 fully saturated rings. The number of carbonyl (C=O) groups is 2. The molecule has 1 aromatic heterocycles. The van der Waals surface area contributed by atoms with E-state index in [0.29, 0.717) is 23.6 Å². The van der Waals surface area contributed by atoms with Crippen LogP contribution < -0.4 is 4.74 Å². The molecule has 1 aliphatic carbocycles. The van der Waals surface area contributed by atoms with Crippen LogP contribution in [0.25, 0.3) is 0 Å². The van der Waals surface area contributed by atoms with Gasteiger partial charge in [0.25, 0.3) is 11.8 Å². The number of rotatable bonds is 1. The molecule has 2 amide bonds. The SMILES string of the molecule is Cc1cnc(C(=O)N2CCCCCCCN(C)C(=O)c3ccccc3O[C@H]3CCCC[C@H]32)cn1. The average Bonchev–Trinajstić information content (AvgIpc) is 2.86. The topological polar surface area (TPSA) is 75.6 Å². The molecule has 1 aliphatic heterocycles. The van der Waals surface area contributed by atoms with Gasteiger partial charge >= 0.3 is 0 Å². The zero-order chi connectivity index (χ0) is 23.9. The lowest BCUT2D eigenvalue weighted by atomic mass is 9.90. The van der Waals surface area contributed by atoms with Gasteiger partial charge in [-0.05, 0) is 51.2 Å². The van der Waals surface area contributed by atoms with Crippen molar-refractivity contribution in [2.24, 2.45) is 0 Å². The summed E-state index contributed by atoms with van der Waals surface area (Å²) in [4.78, 5) is 39.2. The van der Waals surface area contributed by atoms with E-state index in [2.05, 4.69) is 9.97 Å². The second kappa shape index (κ2) is 11.4. The molecule has 34 heavy (non-hydrogen) atoms. The lowest BCUT2D eigenvalue weighted by Gasteiger charge is -2.40. The Bertz CT molecular complexity index is 978. The number of benzene rings is 1. The fraction of sp³-hybridized carbons (Fsp3) is 0.556. The van der Waals surface area contributed by atoms with E-state index in [1.54, 1.807) is 17.3 Å². The fourth-order valence-corrected chi connectivity index (χ4v) is 5.02. The number of aryl methyl sites for hydroxylation is 1. The van der Waals surface area contributed by atoms with Gasteiger partial charge in [0, 0.05) is 26.3 Å². The molecular weight excluding hydrogens is 428 g/mol. The number of hydrogen-bond acceptors (Lipinski definition) is 5. The number of ether oxygens (including phenoxy) is 1. The summed E-state index contributed by atoms with van der Waals surface area (Å²) >= 11 is 0. The predicted octanol–water partition coefficient (Wildman–Crippen LogP) is 4.65. The number of carbonyl (C=O) groups excluding carboxylic acids is 2. The molecule has 2 heterocycles. The summed E-state index contributed by atoms with van der Waals surface area (Å²) in [6.07, 6.45) is 12.0. The zero-order valence-corrected chi connectivity index (χ0v) is 20.4. The van der Waals surface area contributed by atoms with Crippen LogP contribution in [0.5, 0.6) is 5.75 Å². The van der Waals surface area contributed by atoms with E-state index in [0.717, 1.165) is 70.0 Å². The minimum absolute atomic E-state index is 0.0132. The molecule has 0 radical (unpaired) electrons. The van der Waals surface area contributed by atoms with E-state index in [1.165, 1.54) is 0 Å². The molecular formula is C27H36N4O3. The van der Waals surface area contributed by atoms with Gasteiger partial charge < -0.3 is 14.5 Å². The van der Waals surface area contributed by atoms with Crippen molar-refractivity contribution in [2.45, 2.75) is 76.9 Å². The van der Waals surface area contributed by atoms with E-state index < -0.39 is 0 Å². The number of hydrogen-bond donors (Lipinski definition) is 0. The smallest absolute Gasteiger partial charge is 0.274 e. The van der Waals surface area contributed by atoms with Gasteiger partial charge in [0.15, 0.2) is 0 Å². The van der Waals surface area contributed by atoms with Gasteiger partial charge in [0.2, 0.25) is 0 Å². The highest BCUT2D eigenvalue weighted by molar-refractivity contribution is 5.96. The van der Waals surface area contributed by atoms with Gasteiger partial charge in [-0.25, -0.2) is 4.98 Å². The maximum atomic E-state index is 13.6. The Morgan fingerprint density at radius 3 is 2.47 bits per heavy atom. The first kappa shape index (κ1) is 24.2. The number of para-hydroxylation sites is 1. The first-order chi connectivity index (χ1) is 16.5. The van der Waals surface area contributed by atoms with Gasteiger partial charge in [0.05, 0.1) is 23.5 Å². The summed E-state index contributed by atoms with van der Waals surface area (Å²) in [5.41, 5.74) is 1.76. The van der Waals surface area contributed by atoms with Crippen LogP contribution in [0.2, 0.25) is 0 Å². The van der Waals surface area contributed by atoms with Crippen molar-refractivity contribution in [2.75, 3.05) is 20.1 Å². The monoisotopic (exact) mass is 464 g/mol. The van der Waals surface area contributed by atoms with E-state index in [9.17, 15) is 9.59 Å². The van der Waals surface area contributed by atoms with Crippen LogP contribution in [0.3, 0.4) is 0 Å². The normalized spacial score (nSPS) is 22.6. The van der Waals surface area contributed by atoms with Crippen LogP contribution in [0.4, 0.5) is 0 Å². The molecule has 7 nitrogen and oxygen atoms in total. The fourth-order valence-electron chi connectivity index (χ4n) is 5.02. The Morgan fingerprint density at radius 1 is 0.941 bits per heavy atom. The molecule has 0 bridgehead atoms. The van der Waals surface area contributed by atoms with Crippen molar-refractivity contribution in [1.82, 2.24) is 19.8 Å². The van der Waals surface area contributed by atoms with Crippen molar-refractivity contribution < 1.29 is 14.3 Å². The summed E-state index contributed by atoms with van der Waals surface area (Å²) in [6.45, 7) is 3.28. The molecule has 1 saturated carbocycles. The van der Waals surface area contributed by atoms with Crippen molar-refractivity contribution >= 4 is 11.8 Å². The highest BCUT2D eigenvalue weighted by Crippen LogP contribution is 2.31. The Hall–Kier alpha value is -2.96. The molecule has 1 aromatic carbocycles. The second-order valence-electron chi connectivity index (χ2n) is 9.54.